The van der Waals surface area contributed by atoms with E-state index in [-0.39, 0.29) is 29.8 Å². The van der Waals surface area contributed by atoms with E-state index in [1.54, 1.807) is 38.5 Å². The maximum atomic E-state index is 13.0. The van der Waals surface area contributed by atoms with Crippen LogP contribution in [0.25, 0.3) is 0 Å². The van der Waals surface area contributed by atoms with Crippen LogP contribution in [0.5, 0.6) is 0 Å². The zero-order chi connectivity index (χ0) is 20.0. The fraction of sp³-hybridized carbons (Fsp3) is 0.714. The van der Waals surface area contributed by atoms with E-state index in [1.165, 1.54) is 0 Å². The van der Waals surface area contributed by atoms with Crippen molar-refractivity contribution < 1.29 is 22.6 Å². The molecule has 1 aromatic rings. The summed E-state index contributed by atoms with van der Waals surface area (Å²) in [5.74, 6) is 0.706. The molecule has 5 atom stereocenters. The molecule has 1 fully saturated rings. The van der Waals surface area contributed by atoms with Crippen molar-refractivity contribution in [1.29, 1.82) is 0 Å². The Balaban J connectivity index is 2.22. The molecule has 2 rings (SSSR count). The fourth-order valence-corrected chi connectivity index (χ4v) is 5.63. The van der Waals surface area contributed by atoms with Crippen LogP contribution in [0.2, 0.25) is 0 Å². The van der Waals surface area contributed by atoms with Crippen LogP contribution in [0.3, 0.4) is 0 Å². The van der Waals surface area contributed by atoms with Crippen LogP contribution in [-0.4, -0.2) is 46.9 Å². The van der Waals surface area contributed by atoms with Gasteiger partial charge in [-0.15, -0.1) is 0 Å². The number of methoxy groups -OCH3 is 2. The summed E-state index contributed by atoms with van der Waals surface area (Å²) in [4.78, 5) is 0.372. The molecule has 27 heavy (non-hydrogen) atoms. The van der Waals surface area contributed by atoms with Gasteiger partial charge in [-0.3, -0.25) is 0 Å². The van der Waals surface area contributed by atoms with Crippen molar-refractivity contribution in [1.82, 2.24) is 0 Å². The van der Waals surface area contributed by atoms with Crippen LogP contribution in [0.1, 0.15) is 40.0 Å². The Morgan fingerprint density at radius 1 is 1.07 bits per heavy atom. The summed E-state index contributed by atoms with van der Waals surface area (Å²) in [7, 11) is -0.186. The van der Waals surface area contributed by atoms with Gasteiger partial charge in [-0.1, -0.05) is 45.4 Å². The Morgan fingerprint density at radius 2 is 1.70 bits per heavy atom. The Bertz CT molecular complexity index is 656. The quantitative estimate of drug-likeness (QED) is 0.559. The number of ether oxygens (including phenoxy) is 3. The summed E-state index contributed by atoms with van der Waals surface area (Å²) < 4.78 is 43.0. The highest BCUT2D eigenvalue weighted by molar-refractivity contribution is 7.91. The largest absolute Gasteiger partial charge is 0.374 e. The Kier molecular flexibility index (Phi) is 8.28. The van der Waals surface area contributed by atoms with Gasteiger partial charge in [0.1, 0.15) is 0 Å². The van der Waals surface area contributed by atoms with Gasteiger partial charge in [0.15, 0.2) is 16.1 Å². The minimum absolute atomic E-state index is 0.0651. The third-order valence-electron chi connectivity index (χ3n) is 5.89. The van der Waals surface area contributed by atoms with Crippen molar-refractivity contribution in [2.45, 2.75) is 63.4 Å². The molecular formula is C21H34O5S. The molecule has 0 aliphatic carbocycles. The maximum absolute atomic E-state index is 13.0. The van der Waals surface area contributed by atoms with E-state index in [2.05, 4.69) is 20.8 Å². The first-order valence-corrected chi connectivity index (χ1v) is 11.5. The number of rotatable bonds is 10. The van der Waals surface area contributed by atoms with E-state index in [9.17, 15) is 8.42 Å². The van der Waals surface area contributed by atoms with Gasteiger partial charge in [0.2, 0.25) is 0 Å². The highest BCUT2D eigenvalue weighted by Gasteiger charge is 2.44. The first-order valence-electron chi connectivity index (χ1n) is 9.81. The zero-order valence-corrected chi connectivity index (χ0v) is 17.9. The van der Waals surface area contributed by atoms with Crippen molar-refractivity contribution in [2.75, 3.05) is 20.0 Å². The summed E-state index contributed by atoms with van der Waals surface area (Å²) in [6.45, 7) is 6.50. The van der Waals surface area contributed by atoms with Crippen LogP contribution in [0, 0.1) is 17.8 Å². The molecule has 0 N–H and O–H groups in total. The first kappa shape index (κ1) is 22.3. The molecule has 5 nitrogen and oxygen atoms in total. The maximum Gasteiger partial charge on any atom is 0.178 e. The summed E-state index contributed by atoms with van der Waals surface area (Å²) in [6, 6.07) is 8.67. The SMILES string of the molecule is CC[C@@H](C)C[C@H]1O[C@@H](CC(OC)OC)[C@H](CS(=O)(=O)c2ccccc2)[C@H]1C. The summed E-state index contributed by atoms with van der Waals surface area (Å²) in [5.41, 5.74) is 0. The van der Waals surface area contributed by atoms with Crippen molar-refractivity contribution in [3.8, 4) is 0 Å². The lowest BCUT2D eigenvalue weighted by atomic mass is 9.85. The molecule has 1 aromatic carbocycles. The number of sulfone groups is 1. The third kappa shape index (κ3) is 5.76. The monoisotopic (exact) mass is 398 g/mol. The summed E-state index contributed by atoms with van der Waals surface area (Å²) in [6.07, 6.45) is 2.03. The van der Waals surface area contributed by atoms with Crippen LogP contribution < -0.4 is 0 Å². The van der Waals surface area contributed by atoms with E-state index in [4.69, 9.17) is 14.2 Å². The molecule has 0 amide bonds. The number of hydrogen-bond donors (Lipinski definition) is 0. The molecule has 154 valence electrons. The molecule has 0 bridgehead atoms. The van der Waals surface area contributed by atoms with Gasteiger partial charge in [-0.2, -0.15) is 0 Å². The fourth-order valence-electron chi connectivity index (χ4n) is 3.84. The first-order chi connectivity index (χ1) is 12.8. The average Bonchev–Trinajstić information content (AvgIpc) is 2.94. The van der Waals surface area contributed by atoms with E-state index < -0.39 is 16.1 Å². The zero-order valence-electron chi connectivity index (χ0n) is 17.1. The van der Waals surface area contributed by atoms with E-state index in [1.807, 2.05) is 6.07 Å². The second-order valence-electron chi connectivity index (χ2n) is 7.72. The Labute approximate surface area is 164 Å². The molecule has 1 aliphatic heterocycles. The second-order valence-corrected chi connectivity index (χ2v) is 9.75. The molecule has 0 saturated carbocycles. The summed E-state index contributed by atoms with van der Waals surface area (Å²) >= 11 is 0. The molecule has 1 saturated heterocycles. The van der Waals surface area contributed by atoms with Crippen molar-refractivity contribution >= 4 is 9.84 Å². The minimum Gasteiger partial charge on any atom is -0.374 e. The van der Waals surface area contributed by atoms with Gasteiger partial charge in [-0.05, 0) is 30.4 Å². The molecule has 0 spiro atoms. The van der Waals surface area contributed by atoms with Gasteiger partial charge in [-0.25, -0.2) is 8.42 Å². The third-order valence-corrected chi connectivity index (χ3v) is 7.70. The van der Waals surface area contributed by atoms with Crippen molar-refractivity contribution in [3.63, 3.8) is 0 Å². The molecule has 0 unspecified atom stereocenters. The molecule has 6 heteroatoms. The molecule has 0 aromatic heterocycles. The van der Waals surface area contributed by atoms with Gasteiger partial charge in [0.05, 0.1) is 22.9 Å². The number of benzene rings is 1. The normalized spacial score (nSPS) is 27.2. The predicted octanol–water partition coefficient (Wildman–Crippen LogP) is 3.93. The van der Waals surface area contributed by atoms with Crippen molar-refractivity contribution in [3.05, 3.63) is 30.3 Å². The Hall–Kier alpha value is -0.950. The standard InChI is InChI=1S/C21H34O5S/c1-6-15(2)12-19-16(3)18(20(26-19)13-21(24-4)25-5)14-27(22,23)17-10-8-7-9-11-17/h7-11,15-16,18-21H,6,12-14H2,1-5H3/t15-,16-,18-,19-,20+/m1/s1. The highest BCUT2D eigenvalue weighted by atomic mass is 32.2. The smallest absolute Gasteiger partial charge is 0.178 e. The van der Waals surface area contributed by atoms with Crippen molar-refractivity contribution in [2.24, 2.45) is 17.8 Å². The van der Waals surface area contributed by atoms with Gasteiger partial charge in [0, 0.05) is 26.6 Å². The average molecular weight is 399 g/mol. The lowest BCUT2D eigenvalue weighted by Gasteiger charge is -2.24. The topological polar surface area (TPSA) is 61.8 Å². The predicted molar refractivity (Wildman–Crippen MR) is 106 cm³/mol. The Morgan fingerprint density at radius 3 is 2.26 bits per heavy atom. The van der Waals surface area contributed by atoms with Crippen LogP contribution in [0.15, 0.2) is 35.2 Å². The van der Waals surface area contributed by atoms with Crippen LogP contribution in [0.4, 0.5) is 0 Å². The van der Waals surface area contributed by atoms with Crippen LogP contribution >= 0.6 is 0 Å². The van der Waals surface area contributed by atoms with Gasteiger partial charge >= 0.3 is 0 Å². The van der Waals surface area contributed by atoms with E-state index in [0.717, 1.165) is 12.8 Å². The molecular weight excluding hydrogens is 364 g/mol. The van der Waals surface area contributed by atoms with E-state index in [0.29, 0.717) is 17.2 Å². The minimum atomic E-state index is -3.38. The van der Waals surface area contributed by atoms with E-state index >= 15 is 0 Å². The second kappa shape index (κ2) is 10.0. The lowest BCUT2D eigenvalue weighted by Crippen LogP contribution is -2.31. The van der Waals surface area contributed by atoms with Gasteiger partial charge < -0.3 is 14.2 Å². The number of hydrogen-bond acceptors (Lipinski definition) is 5. The van der Waals surface area contributed by atoms with Crippen LogP contribution in [-0.2, 0) is 24.0 Å². The molecule has 1 aliphatic rings. The van der Waals surface area contributed by atoms with Gasteiger partial charge in [0.25, 0.3) is 0 Å². The highest BCUT2D eigenvalue weighted by Crippen LogP contribution is 2.39. The molecule has 1 heterocycles. The summed E-state index contributed by atoms with van der Waals surface area (Å²) in [5, 5.41) is 0. The molecule has 0 radical (unpaired) electrons. The lowest BCUT2D eigenvalue weighted by molar-refractivity contribution is -0.131.